The summed E-state index contributed by atoms with van der Waals surface area (Å²) in [4.78, 5) is 39.0. The molecule has 0 aliphatic heterocycles. The molecule has 6 nitrogen and oxygen atoms in total. The van der Waals surface area contributed by atoms with E-state index < -0.39 is 17.0 Å². The number of nitrogens with one attached hydrogen (secondary N) is 2. The van der Waals surface area contributed by atoms with Gasteiger partial charge < -0.3 is 15.4 Å². The van der Waals surface area contributed by atoms with E-state index in [-0.39, 0.29) is 11.8 Å². The van der Waals surface area contributed by atoms with Gasteiger partial charge in [0.05, 0.1) is 12.2 Å². The molecule has 204 valence electrons. The summed E-state index contributed by atoms with van der Waals surface area (Å²) in [5, 5.41) is 5.16. The quantitative estimate of drug-likeness (QED) is 0.113. The number of ether oxygens (including phenoxy) is 1. The molecule has 0 heterocycles. The highest BCUT2D eigenvalue weighted by atomic mass is 32.2. The first-order valence-corrected chi connectivity index (χ1v) is 13.8. The van der Waals surface area contributed by atoms with Gasteiger partial charge in [-0.25, -0.2) is 9.18 Å². The molecule has 0 fully saturated rings. The lowest BCUT2D eigenvalue weighted by Gasteiger charge is -2.18. The van der Waals surface area contributed by atoms with Crippen LogP contribution in [-0.2, 0) is 9.53 Å². The van der Waals surface area contributed by atoms with Crippen LogP contribution < -0.4 is 10.6 Å². The fourth-order valence-electron chi connectivity index (χ4n) is 3.78. The van der Waals surface area contributed by atoms with Gasteiger partial charge in [0.1, 0.15) is 11.1 Å². The Labute approximate surface area is 237 Å². The van der Waals surface area contributed by atoms with Crippen molar-refractivity contribution >= 4 is 40.9 Å². The van der Waals surface area contributed by atoms with Crippen LogP contribution in [0.2, 0.25) is 0 Å². The van der Waals surface area contributed by atoms with Crippen molar-refractivity contribution in [1.82, 2.24) is 0 Å². The van der Waals surface area contributed by atoms with Crippen LogP contribution in [-0.4, -0.2) is 24.4 Å². The van der Waals surface area contributed by atoms with Crippen LogP contribution in [0.3, 0.4) is 0 Å². The number of carbonyl (C=O) groups excluding carboxylic acids is 3. The number of hydrogen-bond acceptors (Lipinski definition) is 5. The van der Waals surface area contributed by atoms with E-state index in [2.05, 4.69) is 10.6 Å². The van der Waals surface area contributed by atoms with E-state index in [0.717, 1.165) is 23.3 Å². The van der Waals surface area contributed by atoms with Crippen molar-refractivity contribution in [3.8, 4) is 0 Å². The van der Waals surface area contributed by atoms with Gasteiger partial charge in [-0.15, -0.1) is 11.8 Å². The number of halogens is 1. The van der Waals surface area contributed by atoms with Crippen LogP contribution in [0.15, 0.2) is 108 Å². The molecule has 2 N–H and O–H groups in total. The molecule has 40 heavy (non-hydrogen) atoms. The van der Waals surface area contributed by atoms with Crippen molar-refractivity contribution in [1.29, 1.82) is 0 Å². The third-order valence-electron chi connectivity index (χ3n) is 5.91. The van der Waals surface area contributed by atoms with Crippen LogP contribution in [0, 0.1) is 5.82 Å². The summed E-state index contributed by atoms with van der Waals surface area (Å²) in [7, 11) is 0. The predicted molar refractivity (Wildman–Crippen MR) is 156 cm³/mol. The van der Waals surface area contributed by atoms with Gasteiger partial charge in [-0.3, -0.25) is 9.59 Å². The number of carbonyl (C=O) groups is 3. The van der Waals surface area contributed by atoms with E-state index >= 15 is 0 Å². The second kappa shape index (κ2) is 14.1. The maximum Gasteiger partial charge on any atom is 0.338 e. The second-order valence-electron chi connectivity index (χ2n) is 8.95. The Morgan fingerprint density at radius 3 is 2.20 bits per heavy atom. The molecule has 8 heteroatoms. The molecule has 1 atom stereocenters. The van der Waals surface area contributed by atoms with E-state index in [1.54, 1.807) is 42.5 Å². The number of anilines is 2. The molecular formula is C32H29FN2O4S. The molecule has 4 aromatic carbocycles. The number of esters is 1. The van der Waals surface area contributed by atoms with Crippen molar-refractivity contribution in [3.05, 3.63) is 126 Å². The molecule has 0 aromatic heterocycles. The molecular weight excluding hydrogens is 527 g/mol. The minimum atomic E-state index is -0.595. The van der Waals surface area contributed by atoms with Crippen LogP contribution in [0.25, 0.3) is 0 Å². The van der Waals surface area contributed by atoms with E-state index in [1.165, 1.54) is 36.0 Å². The molecule has 0 spiro atoms. The largest absolute Gasteiger partial charge is 0.462 e. The Balaban J connectivity index is 1.47. The SMILES string of the molecule is CCCCOC(=O)c1ccc(NC(=O)C(Sc2cccc(NC(=O)c3ccc(F)cc3)c2)c2ccccc2)cc1. The van der Waals surface area contributed by atoms with Gasteiger partial charge in [0.15, 0.2) is 0 Å². The van der Waals surface area contributed by atoms with Gasteiger partial charge >= 0.3 is 5.97 Å². The Bertz CT molecular complexity index is 1440. The summed E-state index contributed by atoms with van der Waals surface area (Å²) in [6, 6.07) is 28.5. The number of benzene rings is 4. The van der Waals surface area contributed by atoms with Crippen LogP contribution in [0.5, 0.6) is 0 Å². The Morgan fingerprint density at radius 2 is 1.50 bits per heavy atom. The van der Waals surface area contributed by atoms with Crippen LogP contribution >= 0.6 is 11.8 Å². The van der Waals surface area contributed by atoms with Crippen molar-refractivity contribution in [2.45, 2.75) is 29.9 Å². The van der Waals surface area contributed by atoms with Crippen molar-refractivity contribution in [2.24, 2.45) is 0 Å². The van der Waals surface area contributed by atoms with E-state index in [4.69, 9.17) is 4.74 Å². The summed E-state index contributed by atoms with van der Waals surface area (Å²) < 4.78 is 18.5. The molecule has 0 saturated heterocycles. The van der Waals surface area contributed by atoms with E-state index in [9.17, 15) is 18.8 Å². The lowest BCUT2D eigenvalue weighted by atomic mass is 10.1. The number of unbranched alkanes of at least 4 members (excludes halogenated alkanes) is 1. The van der Waals surface area contributed by atoms with Gasteiger partial charge in [0.2, 0.25) is 5.91 Å². The van der Waals surface area contributed by atoms with Gasteiger partial charge in [0, 0.05) is 21.8 Å². The Hall–Kier alpha value is -4.43. The van der Waals surface area contributed by atoms with Crippen molar-refractivity contribution in [3.63, 3.8) is 0 Å². The molecule has 0 aliphatic carbocycles. The van der Waals surface area contributed by atoms with Crippen molar-refractivity contribution < 1.29 is 23.5 Å². The normalized spacial score (nSPS) is 11.3. The molecule has 0 bridgehead atoms. The molecule has 1 unspecified atom stereocenters. The smallest absolute Gasteiger partial charge is 0.338 e. The monoisotopic (exact) mass is 556 g/mol. The molecule has 0 aliphatic rings. The minimum Gasteiger partial charge on any atom is -0.462 e. The predicted octanol–water partition coefficient (Wildman–Crippen LogP) is 7.51. The van der Waals surface area contributed by atoms with Crippen LogP contribution in [0.4, 0.5) is 15.8 Å². The fourth-order valence-corrected chi connectivity index (χ4v) is 4.86. The Kier molecular flexibility index (Phi) is 10.1. The first-order chi connectivity index (χ1) is 19.4. The summed E-state index contributed by atoms with van der Waals surface area (Å²) >= 11 is 1.34. The third-order valence-corrected chi connectivity index (χ3v) is 7.16. The average molecular weight is 557 g/mol. The first kappa shape index (κ1) is 28.6. The van der Waals surface area contributed by atoms with Crippen molar-refractivity contribution in [2.75, 3.05) is 17.2 Å². The summed E-state index contributed by atoms with van der Waals surface area (Å²) in [6.45, 7) is 2.40. The molecule has 4 aromatic rings. The lowest BCUT2D eigenvalue weighted by molar-refractivity contribution is -0.115. The maximum absolute atomic E-state index is 13.5. The van der Waals surface area contributed by atoms with Gasteiger partial charge in [-0.2, -0.15) is 0 Å². The second-order valence-corrected chi connectivity index (χ2v) is 10.1. The molecule has 4 rings (SSSR count). The molecule has 0 radical (unpaired) electrons. The zero-order valence-corrected chi connectivity index (χ0v) is 22.7. The zero-order valence-electron chi connectivity index (χ0n) is 21.9. The highest BCUT2D eigenvalue weighted by molar-refractivity contribution is 8.00. The number of rotatable bonds is 11. The zero-order chi connectivity index (χ0) is 28.3. The molecule has 0 saturated carbocycles. The van der Waals surface area contributed by atoms with Gasteiger partial charge in [0.25, 0.3) is 5.91 Å². The minimum absolute atomic E-state index is 0.241. The van der Waals surface area contributed by atoms with Gasteiger partial charge in [-0.05, 0) is 78.7 Å². The number of thioether (sulfide) groups is 1. The van der Waals surface area contributed by atoms with E-state index in [0.29, 0.717) is 29.1 Å². The van der Waals surface area contributed by atoms with E-state index in [1.807, 2.05) is 43.3 Å². The first-order valence-electron chi connectivity index (χ1n) is 12.9. The highest BCUT2D eigenvalue weighted by Gasteiger charge is 2.23. The topological polar surface area (TPSA) is 84.5 Å². The molecule has 2 amide bonds. The third kappa shape index (κ3) is 8.04. The summed E-state index contributed by atoms with van der Waals surface area (Å²) in [5.74, 6) is -1.41. The highest BCUT2D eigenvalue weighted by Crippen LogP contribution is 2.37. The standard InChI is InChI=1S/C32H29FN2O4S/c1-2-3-20-39-32(38)24-14-18-26(19-15-24)34-31(37)29(22-8-5-4-6-9-22)40-28-11-7-10-27(21-28)35-30(36)23-12-16-25(33)17-13-23/h4-19,21,29H,2-3,20H2,1H3,(H,34,37)(H,35,36). The summed E-state index contributed by atoms with van der Waals surface area (Å²) in [6.07, 6.45) is 1.75. The maximum atomic E-state index is 13.5. The fraction of sp³-hybridized carbons (Fsp3) is 0.156. The Morgan fingerprint density at radius 1 is 0.800 bits per heavy atom. The van der Waals surface area contributed by atoms with Crippen LogP contribution in [0.1, 0.15) is 51.3 Å². The van der Waals surface area contributed by atoms with Gasteiger partial charge in [-0.1, -0.05) is 49.7 Å². The number of amides is 2. The average Bonchev–Trinajstić information content (AvgIpc) is 2.97. The lowest BCUT2D eigenvalue weighted by Crippen LogP contribution is -2.19. The summed E-state index contributed by atoms with van der Waals surface area (Å²) in [5.41, 5.74) is 2.66. The number of hydrogen-bond donors (Lipinski definition) is 2.